The number of pyridine rings is 1. The predicted octanol–water partition coefficient (Wildman–Crippen LogP) is 5.25. The predicted molar refractivity (Wildman–Crippen MR) is 87.4 cm³/mol. The minimum Gasteiger partial charge on any atom is -0.241 e. The molecule has 0 fully saturated rings. The highest BCUT2D eigenvalue weighted by Crippen LogP contribution is 2.34. The largest absolute Gasteiger partial charge is 0.241 e. The number of nitriles is 1. The highest BCUT2D eigenvalue weighted by molar-refractivity contribution is 7.99. The Balaban J connectivity index is 1.88. The molecule has 2 aromatic carbocycles. The molecule has 102 valence electrons. The van der Waals surface area contributed by atoms with Crippen molar-refractivity contribution in [3.8, 4) is 6.07 Å². The van der Waals surface area contributed by atoms with E-state index in [-0.39, 0.29) is 5.25 Å². The van der Waals surface area contributed by atoms with Crippen molar-refractivity contribution >= 4 is 34.3 Å². The molecule has 3 rings (SSSR count). The first kappa shape index (κ1) is 13.9. The molecule has 1 heterocycles. The Morgan fingerprint density at radius 1 is 1.00 bits per heavy atom. The number of para-hydroxylation sites is 1. The third kappa shape index (κ3) is 3.18. The van der Waals surface area contributed by atoms with Crippen LogP contribution in [0.5, 0.6) is 0 Å². The van der Waals surface area contributed by atoms with Crippen LogP contribution in [0.1, 0.15) is 10.8 Å². The summed E-state index contributed by atoms with van der Waals surface area (Å²) in [4.78, 5) is 4.59. The lowest BCUT2D eigenvalue weighted by Crippen LogP contribution is -1.92. The lowest BCUT2D eigenvalue weighted by Gasteiger charge is -2.09. The van der Waals surface area contributed by atoms with Crippen LogP contribution in [0.3, 0.4) is 0 Å². The Kier molecular flexibility index (Phi) is 4.10. The van der Waals surface area contributed by atoms with Crippen LogP contribution in [0.4, 0.5) is 0 Å². The minimum atomic E-state index is -0.295. The molecule has 0 saturated carbocycles. The van der Waals surface area contributed by atoms with Crippen LogP contribution >= 0.6 is 23.4 Å². The maximum Gasteiger partial charge on any atom is 0.123 e. The van der Waals surface area contributed by atoms with Gasteiger partial charge < -0.3 is 0 Å². The van der Waals surface area contributed by atoms with Crippen LogP contribution in [0.2, 0.25) is 5.02 Å². The lowest BCUT2D eigenvalue weighted by atomic mass is 10.2. The third-order valence-electron chi connectivity index (χ3n) is 3.10. The number of hydrogen-bond acceptors (Lipinski definition) is 3. The Labute approximate surface area is 132 Å². The van der Waals surface area contributed by atoms with E-state index in [9.17, 15) is 5.26 Å². The van der Waals surface area contributed by atoms with Crippen molar-refractivity contribution in [2.24, 2.45) is 0 Å². The highest BCUT2D eigenvalue weighted by atomic mass is 35.5. The molecule has 3 aromatic rings. The van der Waals surface area contributed by atoms with Gasteiger partial charge in [-0.2, -0.15) is 5.26 Å². The van der Waals surface area contributed by atoms with Crippen molar-refractivity contribution < 1.29 is 0 Å². The zero-order valence-corrected chi connectivity index (χ0v) is 12.6. The second-order valence-electron chi connectivity index (χ2n) is 4.52. The first-order chi connectivity index (χ1) is 10.3. The SMILES string of the molecule is N#CC(Sc1ccc2ccccc2n1)c1ccc(Cl)cc1. The molecule has 2 nitrogen and oxygen atoms in total. The van der Waals surface area contributed by atoms with E-state index in [1.165, 1.54) is 11.8 Å². The van der Waals surface area contributed by atoms with Gasteiger partial charge in [0.15, 0.2) is 0 Å². The summed E-state index contributed by atoms with van der Waals surface area (Å²) in [7, 11) is 0. The maximum atomic E-state index is 9.39. The lowest BCUT2D eigenvalue weighted by molar-refractivity contribution is 1.15. The molecular formula is C17H11ClN2S. The molecule has 1 aromatic heterocycles. The molecule has 0 saturated heterocycles. The van der Waals surface area contributed by atoms with Gasteiger partial charge in [-0.15, -0.1) is 0 Å². The van der Waals surface area contributed by atoms with Crippen molar-refractivity contribution in [2.45, 2.75) is 10.3 Å². The number of aromatic nitrogens is 1. The molecule has 0 aliphatic heterocycles. The third-order valence-corrected chi connectivity index (χ3v) is 4.44. The van der Waals surface area contributed by atoms with Crippen LogP contribution in [0, 0.1) is 11.3 Å². The zero-order valence-electron chi connectivity index (χ0n) is 11.0. The minimum absolute atomic E-state index is 0.295. The van der Waals surface area contributed by atoms with Gasteiger partial charge in [0.1, 0.15) is 5.25 Å². The number of halogens is 1. The number of hydrogen-bond donors (Lipinski definition) is 0. The zero-order chi connectivity index (χ0) is 14.7. The van der Waals surface area contributed by atoms with E-state index in [4.69, 9.17) is 11.6 Å². The van der Waals surface area contributed by atoms with Crippen molar-refractivity contribution in [2.75, 3.05) is 0 Å². The van der Waals surface area contributed by atoms with E-state index in [0.29, 0.717) is 5.02 Å². The molecule has 0 aliphatic carbocycles. The summed E-state index contributed by atoms with van der Waals surface area (Å²) in [5.74, 6) is 0. The van der Waals surface area contributed by atoms with Crippen LogP contribution in [0.25, 0.3) is 10.9 Å². The van der Waals surface area contributed by atoms with Gasteiger partial charge >= 0.3 is 0 Å². The van der Waals surface area contributed by atoms with Crippen molar-refractivity contribution in [1.82, 2.24) is 4.98 Å². The second kappa shape index (κ2) is 6.17. The summed E-state index contributed by atoms with van der Waals surface area (Å²) in [6.45, 7) is 0. The van der Waals surface area contributed by atoms with Gasteiger partial charge in [-0.3, -0.25) is 0 Å². The van der Waals surface area contributed by atoms with Crippen LogP contribution in [-0.4, -0.2) is 4.98 Å². The molecule has 1 unspecified atom stereocenters. The van der Waals surface area contributed by atoms with Crippen LogP contribution in [0.15, 0.2) is 65.7 Å². The van der Waals surface area contributed by atoms with E-state index < -0.39 is 0 Å². The summed E-state index contributed by atoms with van der Waals surface area (Å²) in [5, 5.41) is 11.7. The number of nitrogens with zero attached hydrogens (tertiary/aromatic N) is 2. The van der Waals surface area contributed by atoms with Crippen LogP contribution < -0.4 is 0 Å². The van der Waals surface area contributed by atoms with E-state index >= 15 is 0 Å². The molecule has 21 heavy (non-hydrogen) atoms. The normalized spacial score (nSPS) is 12.0. The van der Waals surface area contributed by atoms with Crippen molar-refractivity contribution in [3.05, 3.63) is 71.2 Å². The molecule has 1 atom stereocenters. The fourth-order valence-corrected chi connectivity index (χ4v) is 3.05. The Morgan fingerprint density at radius 2 is 1.76 bits per heavy atom. The number of fused-ring (bicyclic) bond motifs is 1. The Bertz CT molecular complexity index is 809. The van der Waals surface area contributed by atoms with Gasteiger partial charge in [0, 0.05) is 10.4 Å². The standard InChI is InChI=1S/C17H11ClN2S/c18-14-8-5-13(6-9-14)16(11-19)21-17-10-7-12-3-1-2-4-15(12)20-17/h1-10,16H. The van der Waals surface area contributed by atoms with Crippen molar-refractivity contribution in [1.29, 1.82) is 5.26 Å². The summed E-state index contributed by atoms with van der Waals surface area (Å²) < 4.78 is 0. The van der Waals surface area contributed by atoms with Gasteiger partial charge in [-0.05, 0) is 29.8 Å². The Morgan fingerprint density at radius 3 is 2.52 bits per heavy atom. The van der Waals surface area contributed by atoms with E-state index in [1.54, 1.807) is 12.1 Å². The average Bonchev–Trinajstić information content (AvgIpc) is 2.53. The fourth-order valence-electron chi connectivity index (χ4n) is 2.04. The Hall–Kier alpha value is -2.02. The monoisotopic (exact) mass is 310 g/mol. The number of benzene rings is 2. The highest BCUT2D eigenvalue weighted by Gasteiger charge is 2.13. The van der Waals surface area contributed by atoms with Gasteiger partial charge in [0.05, 0.1) is 16.6 Å². The van der Waals surface area contributed by atoms with Gasteiger partial charge in [0.2, 0.25) is 0 Å². The first-order valence-electron chi connectivity index (χ1n) is 6.44. The topological polar surface area (TPSA) is 36.7 Å². The van der Waals surface area contributed by atoms with Crippen molar-refractivity contribution in [3.63, 3.8) is 0 Å². The molecule has 4 heteroatoms. The summed E-state index contributed by atoms with van der Waals surface area (Å²) >= 11 is 7.33. The molecule has 0 spiro atoms. The van der Waals surface area contributed by atoms with Gasteiger partial charge in [0.25, 0.3) is 0 Å². The molecule has 0 radical (unpaired) electrons. The number of thioether (sulfide) groups is 1. The quantitative estimate of drug-likeness (QED) is 0.620. The molecule has 0 bridgehead atoms. The van der Waals surface area contributed by atoms with Crippen LogP contribution in [-0.2, 0) is 0 Å². The molecule has 0 amide bonds. The summed E-state index contributed by atoms with van der Waals surface area (Å²) in [6, 6.07) is 21.6. The van der Waals surface area contributed by atoms with Gasteiger partial charge in [-0.1, -0.05) is 59.8 Å². The average molecular weight is 311 g/mol. The number of rotatable bonds is 3. The van der Waals surface area contributed by atoms with E-state index in [2.05, 4.69) is 11.1 Å². The van der Waals surface area contributed by atoms with E-state index in [0.717, 1.165) is 21.5 Å². The first-order valence-corrected chi connectivity index (χ1v) is 7.69. The maximum absolute atomic E-state index is 9.39. The van der Waals surface area contributed by atoms with Gasteiger partial charge in [-0.25, -0.2) is 4.98 Å². The fraction of sp³-hybridized carbons (Fsp3) is 0.0588. The summed E-state index contributed by atoms with van der Waals surface area (Å²) in [5.41, 5.74) is 1.87. The molecule has 0 N–H and O–H groups in total. The summed E-state index contributed by atoms with van der Waals surface area (Å²) in [6.07, 6.45) is 0. The van der Waals surface area contributed by atoms with E-state index in [1.807, 2.05) is 48.5 Å². The second-order valence-corrected chi connectivity index (χ2v) is 6.08. The smallest absolute Gasteiger partial charge is 0.123 e. The molecular weight excluding hydrogens is 300 g/mol. The molecule has 0 aliphatic rings.